The zero-order valence-electron chi connectivity index (χ0n) is 9.88. The van der Waals surface area contributed by atoms with E-state index in [1.807, 2.05) is 30.3 Å². The summed E-state index contributed by atoms with van der Waals surface area (Å²) in [6.07, 6.45) is 3.68. The topological polar surface area (TPSA) is 58.9 Å². The predicted molar refractivity (Wildman–Crippen MR) is 70.2 cm³/mol. The number of fused-ring (bicyclic) bond motifs is 3. The highest BCUT2D eigenvalue weighted by Gasteiger charge is 2.22. The van der Waals surface area contributed by atoms with Crippen LogP contribution < -0.4 is 0 Å². The third kappa shape index (κ3) is 1.72. The first-order chi connectivity index (χ1) is 9.35. The van der Waals surface area contributed by atoms with Gasteiger partial charge in [-0.3, -0.25) is 0 Å². The van der Waals surface area contributed by atoms with E-state index >= 15 is 0 Å². The lowest BCUT2D eigenvalue weighted by Gasteiger charge is -2.05. The first-order valence-corrected chi connectivity index (χ1v) is 5.75. The van der Waals surface area contributed by atoms with E-state index in [1.165, 1.54) is 17.7 Å². The Morgan fingerprint density at radius 1 is 0.895 bits per heavy atom. The van der Waals surface area contributed by atoms with Crippen LogP contribution in [-0.4, -0.2) is 12.2 Å². The average Bonchev–Trinajstić information content (AvgIpc) is 2.81. The Hall–Kier alpha value is -2.80. The number of hydrogen-bond donors (Lipinski definition) is 0. The van der Waals surface area contributed by atoms with Gasteiger partial charge in [-0.05, 0) is 28.3 Å². The van der Waals surface area contributed by atoms with Gasteiger partial charge in [-0.1, -0.05) is 30.3 Å². The Bertz CT molecular complexity index is 768. The number of hydrogen-bond acceptors (Lipinski definition) is 4. The minimum absolute atomic E-state index is 0.352. The van der Waals surface area contributed by atoms with E-state index in [-0.39, 0.29) is 0 Å². The second-order valence-electron chi connectivity index (χ2n) is 4.20. The summed E-state index contributed by atoms with van der Waals surface area (Å²) in [4.78, 5) is 28.3. The molecule has 0 radical (unpaired) electrons. The van der Waals surface area contributed by atoms with Crippen molar-refractivity contribution in [3.8, 4) is 11.1 Å². The van der Waals surface area contributed by atoms with Crippen molar-refractivity contribution in [2.24, 2.45) is 9.98 Å². The fraction of sp³-hybridized carbons (Fsp3) is 0.0667. The number of aliphatic imine (C=N–C) groups is 2. The molecule has 0 saturated carbocycles. The van der Waals surface area contributed by atoms with E-state index in [9.17, 15) is 9.59 Å². The van der Waals surface area contributed by atoms with Gasteiger partial charge in [-0.15, -0.1) is 0 Å². The number of benzene rings is 2. The average molecular weight is 248 g/mol. The van der Waals surface area contributed by atoms with E-state index in [0.29, 0.717) is 17.8 Å². The monoisotopic (exact) mass is 248 g/mol. The van der Waals surface area contributed by atoms with E-state index in [4.69, 9.17) is 0 Å². The normalized spacial score (nSPS) is 10.9. The molecule has 0 aliphatic heterocycles. The minimum atomic E-state index is 0.352. The molecule has 0 atom stereocenters. The molecule has 1 aliphatic carbocycles. The highest BCUT2D eigenvalue weighted by Crippen LogP contribution is 2.45. The summed E-state index contributed by atoms with van der Waals surface area (Å²) in [5.41, 5.74) is 4.99. The van der Waals surface area contributed by atoms with E-state index < -0.39 is 0 Å². The van der Waals surface area contributed by atoms with Gasteiger partial charge in [-0.25, -0.2) is 9.59 Å². The maximum absolute atomic E-state index is 10.6. The molecule has 19 heavy (non-hydrogen) atoms. The van der Waals surface area contributed by atoms with Gasteiger partial charge < -0.3 is 0 Å². The predicted octanol–water partition coefficient (Wildman–Crippen LogP) is 3.19. The van der Waals surface area contributed by atoms with Crippen molar-refractivity contribution < 1.29 is 9.59 Å². The Balaban J connectivity index is 2.30. The van der Waals surface area contributed by atoms with Crippen molar-refractivity contribution in [2.75, 3.05) is 0 Å². The maximum atomic E-state index is 10.6. The number of rotatable bonds is 2. The molecule has 1 aliphatic rings. The molecule has 0 spiro atoms. The third-order valence-corrected chi connectivity index (χ3v) is 3.26. The zero-order chi connectivity index (χ0) is 13.2. The molecule has 0 aromatic heterocycles. The summed E-state index contributed by atoms with van der Waals surface area (Å²) < 4.78 is 0. The van der Waals surface area contributed by atoms with Crippen LogP contribution in [0.2, 0.25) is 0 Å². The Kier molecular flexibility index (Phi) is 2.66. The van der Waals surface area contributed by atoms with E-state index in [0.717, 1.165) is 16.7 Å². The molecular weight excluding hydrogens is 240 g/mol. The van der Waals surface area contributed by atoms with Gasteiger partial charge >= 0.3 is 0 Å². The van der Waals surface area contributed by atoms with Crippen LogP contribution >= 0.6 is 0 Å². The second kappa shape index (κ2) is 4.46. The fourth-order valence-electron chi connectivity index (χ4n) is 2.49. The van der Waals surface area contributed by atoms with Crippen LogP contribution in [0.4, 0.5) is 11.4 Å². The first kappa shape index (κ1) is 11.3. The van der Waals surface area contributed by atoms with Crippen LogP contribution in [0.25, 0.3) is 11.1 Å². The van der Waals surface area contributed by atoms with Crippen molar-refractivity contribution >= 4 is 23.5 Å². The highest BCUT2D eigenvalue weighted by atomic mass is 16.1. The molecule has 4 heteroatoms. The molecule has 4 nitrogen and oxygen atoms in total. The van der Waals surface area contributed by atoms with Gasteiger partial charge in [0, 0.05) is 6.42 Å². The highest BCUT2D eigenvalue weighted by molar-refractivity contribution is 5.86. The lowest BCUT2D eigenvalue weighted by atomic mass is 10.0. The molecule has 0 unspecified atom stereocenters. The number of nitrogens with zero attached hydrogens (tertiary/aromatic N) is 2. The molecule has 2 aromatic rings. The smallest absolute Gasteiger partial charge is 0.211 e. The van der Waals surface area contributed by atoms with Gasteiger partial charge in [0.15, 0.2) is 0 Å². The standard InChI is InChI=1S/C15H8N2O2/c18-8-16-14-6-5-12-11-4-2-1-3-10(11)7-13(12)15(14)17-9-19/h1-6H,7H2. The minimum Gasteiger partial charge on any atom is -0.211 e. The second-order valence-corrected chi connectivity index (χ2v) is 4.20. The molecule has 0 N–H and O–H groups in total. The molecule has 90 valence electrons. The Morgan fingerprint density at radius 3 is 2.47 bits per heavy atom. The van der Waals surface area contributed by atoms with Gasteiger partial charge in [0.25, 0.3) is 0 Å². The molecule has 0 bridgehead atoms. The quantitative estimate of drug-likeness (QED) is 0.516. The summed E-state index contributed by atoms with van der Waals surface area (Å²) >= 11 is 0. The van der Waals surface area contributed by atoms with Crippen molar-refractivity contribution in [2.45, 2.75) is 6.42 Å². The lowest BCUT2D eigenvalue weighted by Crippen LogP contribution is -1.82. The largest absolute Gasteiger partial charge is 0.240 e. The number of isocyanates is 2. The summed E-state index contributed by atoms with van der Waals surface area (Å²) in [5.74, 6) is 0. The third-order valence-electron chi connectivity index (χ3n) is 3.26. The maximum Gasteiger partial charge on any atom is 0.240 e. The van der Waals surface area contributed by atoms with Crippen LogP contribution in [0, 0.1) is 0 Å². The molecule has 0 amide bonds. The molecule has 0 heterocycles. The van der Waals surface area contributed by atoms with Crippen LogP contribution in [0.1, 0.15) is 11.1 Å². The van der Waals surface area contributed by atoms with Crippen LogP contribution in [-0.2, 0) is 16.0 Å². The molecule has 0 fully saturated rings. The number of carbonyl (C=O) groups excluding carboxylic acids is 2. The molecular formula is C15H8N2O2. The summed E-state index contributed by atoms with van der Waals surface area (Å²) in [6.45, 7) is 0. The summed E-state index contributed by atoms with van der Waals surface area (Å²) in [7, 11) is 0. The fourth-order valence-corrected chi connectivity index (χ4v) is 2.49. The zero-order valence-corrected chi connectivity index (χ0v) is 9.88. The van der Waals surface area contributed by atoms with Gasteiger partial charge in [0.1, 0.15) is 11.4 Å². The van der Waals surface area contributed by atoms with Crippen molar-refractivity contribution in [1.82, 2.24) is 0 Å². The SMILES string of the molecule is O=C=Nc1ccc2c(c1N=C=O)Cc1ccccc1-2. The summed E-state index contributed by atoms with van der Waals surface area (Å²) in [5, 5.41) is 0. The first-order valence-electron chi connectivity index (χ1n) is 5.75. The summed E-state index contributed by atoms with van der Waals surface area (Å²) in [6, 6.07) is 11.6. The van der Waals surface area contributed by atoms with E-state index in [2.05, 4.69) is 9.98 Å². The van der Waals surface area contributed by atoms with Gasteiger partial charge in [-0.2, -0.15) is 9.98 Å². The molecule has 3 rings (SSSR count). The Labute approximate surface area is 109 Å². The van der Waals surface area contributed by atoms with Crippen LogP contribution in [0.5, 0.6) is 0 Å². The Morgan fingerprint density at radius 2 is 1.68 bits per heavy atom. The van der Waals surface area contributed by atoms with Crippen molar-refractivity contribution in [1.29, 1.82) is 0 Å². The van der Waals surface area contributed by atoms with Crippen molar-refractivity contribution in [3.63, 3.8) is 0 Å². The molecule has 0 saturated heterocycles. The van der Waals surface area contributed by atoms with Crippen LogP contribution in [0.15, 0.2) is 46.4 Å². The lowest BCUT2D eigenvalue weighted by molar-refractivity contribution is 0.564. The van der Waals surface area contributed by atoms with Crippen LogP contribution in [0.3, 0.4) is 0 Å². The van der Waals surface area contributed by atoms with Gasteiger partial charge in [0.2, 0.25) is 12.2 Å². The van der Waals surface area contributed by atoms with Crippen molar-refractivity contribution in [3.05, 3.63) is 47.5 Å². The van der Waals surface area contributed by atoms with Gasteiger partial charge in [0.05, 0.1) is 0 Å². The van der Waals surface area contributed by atoms with E-state index in [1.54, 1.807) is 6.07 Å². The molecule has 2 aromatic carbocycles.